The van der Waals surface area contributed by atoms with Crippen LogP contribution in [0.1, 0.15) is 25.0 Å². The fourth-order valence-electron chi connectivity index (χ4n) is 3.12. The topological polar surface area (TPSA) is 49.6 Å². The van der Waals surface area contributed by atoms with Gasteiger partial charge in [0.2, 0.25) is 5.91 Å². The molecule has 1 fully saturated rings. The van der Waals surface area contributed by atoms with Crippen LogP contribution in [0.3, 0.4) is 0 Å². The number of benzene rings is 1. The third-order valence-corrected chi connectivity index (χ3v) is 5.21. The van der Waals surface area contributed by atoms with E-state index in [-0.39, 0.29) is 5.91 Å². The van der Waals surface area contributed by atoms with Crippen molar-refractivity contribution in [1.82, 2.24) is 9.38 Å². The van der Waals surface area contributed by atoms with Crippen LogP contribution in [0, 0.1) is 0 Å². The number of nitrogens with one attached hydrogen (secondary N) is 1. The molecular formula is C19H20N4OS. The Labute approximate surface area is 150 Å². The fourth-order valence-corrected chi connectivity index (χ4v) is 3.82. The van der Waals surface area contributed by atoms with E-state index in [2.05, 4.69) is 27.3 Å². The predicted molar refractivity (Wildman–Crippen MR) is 103 cm³/mol. The molecule has 1 aromatic carbocycles. The van der Waals surface area contributed by atoms with Crippen LogP contribution in [-0.4, -0.2) is 28.4 Å². The average molecular weight is 352 g/mol. The number of carbonyl (C=O) groups excluding carboxylic acids is 1. The molecule has 0 atom stereocenters. The highest BCUT2D eigenvalue weighted by atomic mass is 32.1. The second-order valence-electron chi connectivity index (χ2n) is 6.16. The van der Waals surface area contributed by atoms with Gasteiger partial charge in [0, 0.05) is 42.1 Å². The van der Waals surface area contributed by atoms with E-state index < -0.39 is 0 Å². The average Bonchev–Trinajstić information content (AvgIpc) is 3.25. The van der Waals surface area contributed by atoms with E-state index in [0.717, 1.165) is 29.4 Å². The van der Waals surface area contributed by atoms with E-state index in [1.165, 1.54) is 24.9 Å². The zero-order valence-electron chi connectivity index (χ0n) is 13.9. The molecule has 0 spiro atoms. The van der Waals surface area contributed by atoms with Gasteiger partial charge in [-0.15, -0.1) is 11.3 Å². The second-order valence-corrected chi connectivity index (χ2v) is 7.03. The molecule has 128 valence electrons. The lowest BCUT2D eigenvalue weighted by Gasteiger charge is -2.28. The highest BCUT2D eigenvalue weighted by Gasteiger charge is 2.10. The van der Waals surface area contributed by atoms with Gasteiger partial charge >= 0.3 is 0 Å². The Bertz CT molecular complexity index is 888. The van der Waals surface area contributed by atoms with Crippen molar-refractivity contribution in [3.63, 3.8) is 0 Å². The van der Waals surface area contributed by atoms with E-state index in [1.54, 1.807) is 29.7 Å². The van der Waals surface area contributed by atoms with Gasteiger partial charge in [0.05, 0.1) is 11.9 Å². The molecule has 1 saturated heterocycles. The Morgan fingerprint density at radius 3 is 2.76 bits per heavy atom. The van der Waals surface area contributed by atoms with Crippen LogP contribution in [0.5, 0.6) is 0 Å². The van der Waals surface area contributed by atoms with Crippen molar-refractivity contribution >= 4 is 39.7 Å². The van der Waals surface area contributed by atoms with Gasteiger partial charge in [0.1, 0.15) is 0 Å². The number of carbonyl (C=O) groups is 1. The summed E-state index contributed by atoms with van der Waals surface area (Å²) in [7, 11) is 0. The van der Waals surface area contributed by atoms with E-state index in [4.69, 9.17) is 0 Å². The summed E-state index contributed by atoms with van der Waals surface area (Å²) in [6.07, 6.45) is 10.9. The number of amides is 1. The van der Waals surface area contributed by atoms with Crippen molar-refractivity contribution in [2.24, 2.45) is 0 Å². The number of piperidine rings is 1. The minimum Gasteiger partial charge on any atom is -0.372 e. The molecule has 0 bridgehead atoms. The molecule has 6 heteroatoms. The van der Waals surface area contributed by atoms with E-state index in [0.29, 0.717) is 0 Å². The van der Waals surface area contributed by atoms with Crippen LogP contribution >= 0.6 is 11.3 Å². The first-order chi connectivity index (χ1) is 12.3. The smallest absolute Gasteiger partial charge is 0.248 e. The first-order valence-corrected chi connectivity index (χ1v) is 9.42. The fraction of sp³-hybridized carbons (Fsp3) is 0.263. The van der Waals surface area contributed by atoms with Crippen LogP contribution in [0.25, 0.3) is 11.0 Å². The quantitative estimate of drug-likeness (QED) is 0.721. The molecular weight excluding hydrogens is 332 g/mol. The van der Waals surface area contributed by atoms with Crippen molar-refractivity contribution in [3.8, 4) is 0 Å². The van der Waals surface area contributed by atoms with Gasteiger partial charge < -0.3 is 10.2 Å². The lowest BCUT2D eigenvalue weighted by Crippen LogP contribution is -2.29. The monoisotopic (exact) mass is 352 g/mol. The lowest BCUT2D eigenvalue weighted by molar-refractivity contribution is -0.111. The van der Waals surface area contributed by atoms with Gasteiger partial charge in [-0.3, -0.25) is 9.20 Å². The van der Waals surface area contributed by atoms with Gasteiger partial charge in [0.15, 0.2) is 4.96 Å². The third kappa shape index (κ3) is 3.58. The van der Waals surface area contributed by atoms with Gasteiger partial charge in [-0.2, -0.15) is 0 Å². The Kier molecular flexibility index (Phi) is 4.52. The third-order valence-electron chi connectivity index (χ3n) is 4.44. The molecule has 1 aliphatic rings. The van der Waals surface area contributed by atoms with Crippen LogP contribution in [0.15, 0.2) is 48.1 Å². The number of hydrogen-bond acceptors (Lipinski definition) is 4. The zero-order valence-corrected chi connectivity index (χ0v) is 14.7. The van der Waals surface area contributed by atoms with Gasteiger partial charge in [-0.05, 0) is 49.6 Å². The molecule has 3 heterocycles. The highest BCUT2D eigenvalue weighted by Crippen LogP contribution is 2.22. The highest BCUT2D eigenvalue weighted by molar-refractivity contribution is 7.15. The van der Waals surface area contributed by atoms with Crippen LogP contribution in [0.4, 0.5) is 11.4 Å². The molecule has 4 rings (SSSR count). The molecule has 1 N–H and O–H groups in total. The maximum absolute atomic E-state index is 12.1. The van der Waals surface area contributed by atoms with Crippen molar-refractivity contribution < 1.29 is 4.79 Å². The summed E-state index contributed by atoms with van der Waals surface area (Å²) in [5, 5.41) is 4.88. The molecule has 0 saturated carbocycles. The molecule has 25 heavy (non-hydrogen) atoms. The largest absolute Gasteiger partial charge is 0.372 e. The van der Waals surface area contributed by atoms with Crippen molar-refractivity contribution in [2.45, 2.75) is 19.3 Å². The van der Waals surface area contributed by atoms with Crippen molar-refractivity contribution in [3.05, 3.63) is 53.8 Å². The SMILES string of the molecule is O=C(/C=C/c1cnc2sccn12)Nc1ccc(N2CCCCC2)cc1. The summed E-state index contributed by atoms with van der Waals surface area (Å²) in [4.78, 5) is 19.7. The number of fused-ring (bicyclic) bond motifs is 1. The lowest BCUT2D eigenvalue weighted by atomic mass is 10.1. The first-order valence-electron chi connectivity index (χ1n) is 8.54. The Balaban J connectivity index is 1.38. The number of nitrogens with zero attached hydrogens (tertiary/aromatic N) is 3. The summed E-state index contributed by atoms with van der Waals surface area (Å²) >= 11 is 1.57. The summed E-state index contributed by atoms with van der Waals surface area (Å²) in [6, 6.07) is 8.09. The molecule has 3 aromatic rings. The van der Waals surface area contributed by atoms with E-state index in [1.807, 2.05) is 28.1 Å². The summed E-state index contributed by atoms with van der Waals surface area (Å²) in [6.45, 7) is 2.24. The standard InChI is InChI=1S/C19H20N4OS/c24-18(9-8-17-14-20-19-23(17)12-13-25-19)21-15-4-6-16(7-5-15)22-10-2-1-3-11-22/h4-9,12-14H,1-3,10-11H2,(H,21,24)/b9-8+. The maximum Gasteiger partial charge on any atom is 0.248 e. The van der Waals surface area contributed by atoms with Gasteiger partial charge in [-0.25, -0.2) is 4.98 Å². The Hall–Kier alpha value is -2.60. The first kappa shape index (κ1) is 15.9. The van der Waals surface area contributed by atoms with Gasteiger partial charge in [0.25, 0.3) is 0 Å². The number of anilines is 2. The van der Waals surface area contributed by atoms with Gasteiger partial charge in [-0.1, -0.05) is 0 Å². The Morgan fingerprint density at radius 1 is 1.16 bits per heavy atom. The number of hydrogen-bond donors (Lipinski definition) is 1. The maximum atomic E-state index is 12.1. The number of imidazole rings is 1. The summed E-state index contributed by atoms with van der Waals surface area (Å²) in [5.41, 5.74) is 2.93. The molecule has 1 aliphatic heterocycles. The second kappa shape index (κ2) is 7.11. The van der Waals surface area contributed by atoms with Crippen LogP contribution in [0.2, 0.25) is 0 Å². The number of thiazole rings is 1. The molecule has 0 aliphatic carbocycles. The normalized spacial score (nSPS) is 15.1. The molecule has 0 radical (unpaired) electrons. The van der Waals surface area contributed by atoms with Crippen LogP contribution < -0.4 is 10.2 Å². The van der Waals surface area contributed by atoms with E-state index in [9.17, 15) is 4.79 Å². The predicted octanol–water partition coefficient (Wildman–Crippen LogP) is 4.04. The number of aromatic nitrogens is 2. The summed E-state index contributed by atoms with van der Waals surface area (Å²) in [5.74, 6) is -0.143. The molecule has 1 amide bonds. The zero-order chi connectivity index (χ0) is 17.1. The van der Waals surface area contributed by atoms with E-state index >= 15 is 0 Å². The van der Waals surface area contributed by atoms with Crippen LogP contribution in [-0.2, 0) is 4.79 Å². The molecule has 2 aromatic heterocycles. The Morgan fingerprint density at radius 2 is 1.96 bits per heavy atom. The molecule has 5 nitrogen and oxygen atoms in total. The summed E-state index contributed by atoms with van der Waals surface area (Å²) < 4.78 is 1.96. The number of rotatable bonds is 4. The molecule has 0 unspecified atom stereocenters. The van der Waals surface area contributed by atoms with Crippen molar-refractivity contribution in [1.29, 1.82) is 0 Å². The minimum absolute atomic E-state index is 0.143. The van der Waals surface area contributed by atoms with Crippen molar-refractivity contribution in [2.75, 3.05) is 23.3 Å². The minimum atomic E-state index is -0.143.